The van der Waals surface area contributed by atoms with E-state index in [0.29, 0.717) is 17.5 Å². The van der Waals surface area contributed by atoms with E-state index in [0.717, 1.165) is 29.8 Å². The Morgan fingerprint density at radius 1 is 1.24 bits per heavy atom. The van der Waals surface area contributed by atoms with Crippen LogP contribution in [0.5, 0.6) is 0 Å². The number of oxime groups is 1. The van der Waals surface area contributed by atoms with Crippen LogP contribution < -0.4 is 0 Å². The summed E-state index contributed by atoms with van der Waals surface area (Å²) in [5.74, 6) is -0.0636. The van der Waals surface area contributed by atoms with Crippen molar-refractivity contribution in [2.75, 3.05) is 13.6 Å². The first-order chi connectivity index (χ1) is 9.86. The average molecular weight is 288 g/mol. The quantitative estimate of drug-likeness (QED) is 0.620. The highest BCUT2D eigenvalue weighted by Gasteiger charge is 2.26. The fraction of sp³-hybridized carbons (Fsp3) is 0.529. The molecule has 1 saturated heterocycles. The van der Waals surface area contributed by atoms with Crippen LogP contribution in [0, 0.1) is 19.8 Å². The second kappa shape index (κ2) is 6.39. The largest absolute Gasteiger partial charge is 0.365 e. The van der Waals surface area contributed by atoms with E-state index >= 15 is 0 Å². The number of aryl methyl sites for hydroxylation is 2. The van der Waals surface area contributed by atoms with E-state index in [1.807, 2.05) is 32.0 Å². The minimum atomic E-state index is -0.381. The van der Waals surface area contributed by atoms with Crippen molar-refractivity contribution in [2.45, 2.75) is 40.2 Å². The fourth-order valence-corrected chi connectivity index (χ4v) is 2.75. The van der Waals surface area contributed by atoms with Gasteiger partial charge in [0.25, 0.3) is 0 Å². The smallest absolute Gasteiger partial charge is 0.313 e. The zero-order valence-corrected chi connectivity index (χ0v) is 13.5. The summed E-state index contributed by atoms with van der Waals surface area (Å²) in [5, 5.41) is 4.13. The third-order valence-corrected chi connectivity index (χ3v) is 4.09. The molecule has 2 atom stereocenters. The van der Waals surface area contributed by atoms with Crippen LogP contribution in [-0.4, -0.2) is 36.2 Å². The highest BCUT2D eigenvalue weighted by molar-refractivity contribution is 5.92. The van der Waals surface area contributed by atoms with Gasteiger partial charge in [-0.15, -0.1) is 0 Å². The van der Waals surface area contributed by atoms with Crippen LogP contribution in [0.15, 0.2) is 23.4 Å². The lowest BCUT2D eigenvalue weighted by molar-refractivity contribution is 0.0508. The topological polar surface area (TPSA) is 41.9 Å². The summed E-state index contributed by atoms with van der Waals surface area (Å²) in [5.41, 5.74) is 3.63. The van der Waals surface area contributed by atoms with Crippen LogP contribution in [0.4, 0.5) is 0 Å². The van der Waals surface area contributed by atoms with Crippen LogP contribution >= 0.6 is 0 Å². The van der Waals surface area contributed by atoms with E-state index in [1.165, 1.54) is 0 Å². The lowest BCUT2D eigenvalue weighted by Gasteiger charge is -2.34. The molecule has 1 aromatic rings. The van der Waals surface area contributed by atoms with Crippen LogP contribution in [0.1, 0.15) is 41.8 Å². The Labute approximate surface area is 126 Å². The number of carbonyl (C=O) groups excluding carboxylic acids is 1. The Bertz CT molecular complexity index is 546. The summed E-state index contributed by atoms with van der Waals surface area (Å²) >= 11 is 0. The molecule has 1 aliphatic heterocycles. The summed E-state index contributed by atoms with van der Waals surface area (Å²) < 4.78 is 0. The van der Waals surface area contributed by atoms with E-state index in [9.17, 15) is 4.79 Å². The zero-order valence-electron chi connectivity index (χ0n) is 13.5. The number of piperidine rings is 1. The Morgan fingerprint density at radius 3 is 2.48 bits per heavy atom. The fourth-order valence-electron chi connectivity index (χ4n) is 2.75. The Kier molecular flexibility index (Phi) is 4.78. The van der Waals surface area contributed by atoms with Gasteiger partial charge < -0.3 is 9.74 Å². The van der Waals surface area contributed by atoms with Gasteiger partial charge in [0.15, 0.2) is 0 Å². The number of rotatable bonds is 2. The van der Waals surface area contributed by atoms with E-state index in [4.69, 9.17) is 4.84 Å². The molecule has 0 bridgehead atoms. The number of hydrogen-bond acceptors (Lipinski definition) is 4. The maximum absolute atomic E-state index is 12.1. The van der Waals surface area contributed by atoms with Crippen molar-refractivity contribution >= 4 is 11.7 Å². The van der Waals surface area contributed by atoms with E-state index in [2.05, 4.69) is 31.0 Å². The highest BCUT2D eigenvalue weighted by Crippen LogP contribution is 2.18. The van der Waals surface area contributed by atoms with Crippen LogP contribution in [0.3, 0.4) is 0 Å². The predicted octanol–water partition coefficient (Wildman–Crippen LogP) is 3.18. The number of likely N-dealkylation sites (tertiary alicyclic amines) is 1. The summed E-state index contributed by atoms with van der Waals surface area (Å²) in [4.78, 5) is 19.6. The molecular formula is C17H24N2O2. The van der Waals surface area contributed by atoms with Crippen molar-refractivity contribution in [2.24, 2.45) is 11.1 Å². The average Bonchev–Trinajstić information content (AvgIpc) is 2.40. The third kappa shape index (κ3) is 3.91. The van der Waals surface area contributed by atoms with Gasteiger partial charge in [-0.25, -0.2) is 4.79 Å². The van der Waals surface area contributed by atoms with Crippen molar-refractivity contribution in [1.29, 1.82) is 0 Å². The van der Waals surface area contributed by atoms with Gasteiger partial charge in [0.05, 0.1) is 11.3 Å². The van der Waals surface area contributed by atoms with E-state index in [-0.39, 0.29) is 5.97 Å². The molecule has 114 valence electrons. The van der Waals surface area contributed by atoms with Gasteiger partial charge in [-0.1, -0.05) is 29.3 Å². The molecule has 1 heterocycles. The molecule has 4 nitrogen and oxygen atoms in total. The molecule has 0 unspecified atom stereocenters. The lowest BCUT2D eigenvalue weighted by atomic mass is 9.93. The van der Waals surface area contributed by atoms with Gasteiger partial charge in [-0.3, -0.25) is 0 Å². The van der Waals surface area contributed by atoms with Crippen LogP contribution in [0.25, 0.3) is 0 Å². The minimum Gasteiger partial charge on any atom is -0.313 e. The van der Waals surface area contributed by atoms with Gasteiger partial charge >= 0.3 is 5.97 Å². The molecule has 21 heavy (non-hydrogen) atoms. The summed E-state index contributed by atoms with van der Waals surface area (Å²) in [6, 6.07) is 6.12. The first kappa shape index (κ1) is 15.7. The number of hydrogen-bond donors (Lipinski definition) is 0. The first-order valence-corrected chi connectivity index (χ1v) is 7.43. The standard InChI is InChI=1S/C17H24N2O2/c1-11-6-12(2)8-15(7-11)17(20)21-18-16-9-14(4)19(5)10-13(16)3/h6-8,13-14H,9-10H2,1-5H3/b18-16+/t13-,14-/m1/s1. The maximum Gasteiger partial charge on any atom is 0.365 e. The molecule has 0 radical (unpaired) electrons. The maximum atomic E-state index is 12.1. The summed E-state index contributed by atoms with van der Waals surface area (Å²) in [6.45, 7) is 9.16. The SMILES string of the molecule is Cc1cc(C)cc(C(=O)O/N=C2\C[C@@H](C)N(C)C[C@H]2C)c1. The number of carbonyl (C=O) groups is 1. The summed E-state index contributed by atoms with van der Waals surface area (Å²) in [6.07, 6.45) is 0.845. The lowest BCUT2D eigenvalue weighted by Crippen LogP contribution is -2.43. The monoisotopic (exact) mass is 288 g/mol. The molecule has 0 aromatic heterocycles. The predicted molar refractivity (Wildman–Crippen MR) is 84.6 cm³/mol. The van der Waals surface area contributed by atoms with Crippen LogP contribution in [0.2, 0.25) is 0 Å². The van der Waals surface area contributed by atoms with E-state index < -0.39 is 0 Å². The molecule has 0 N–H and O–H groups in total. The molecule has 4 heteroatoms. The van der Waals surface area contributed by atoms with Crippen molar-refractivity contribution in [3.8, 4) is 0 Å². The zero-order chi connectivity index (χ0) is 15.6. The highest BCUT2D eigenvalue weighted by atomic mass is 16.7. The Balaban J connectivity index is 2.07. The normalized spacial score (nSPS) is 25.1. The third-order valence-electron chi connectivity index (χ3n) is 4.09. The van der Waals surface area contributed by atoms with Gasteiger partial charge in [-0.05, 0) is 40.0 Å². The summed E-state index contributed by atoms with van der Waals surface area (Å²) in [7, 11) is 2.11. The molecule has 0 saturated carbocycles. The molecular weight excluding hydrogens is 264 g/mol. The van der Waals surface area contributed by atoms with Gasteiger partial charge in [0, 0.05) is 24.9 Å². The molecule has 1 aliphatic rings. The number of benzene rings is 1. The Morgan fingerprint density at radius 2 is 1.86 bits per heavy atom. The van der Waals surface area contributed by atoms with E-state index in [1.54, 1.807) is 0 Å². The number of nitrogens with zero attached hydrogens (tertiary/aromatic N) is 2. The van der Waals surface area contributed by atoms with Gasteiger partial charge in [0.2, 0.25) is 0 Å². The van der Waals surface area contributed by atoms with Crippen molar-refractivity contribution in [1.82, 2.24) is 4.90 Å². The first-order valence-electron chi connectivity index (χ1n) is 7.43. The Hall–Kier alpha value is -1.68. The second-order valence-electron chi connectivity index (χ2n) is 6.23. The molecule has 1 aromatic carbocycles. The minimum absolute atomic E-state index is 0.318. The molecule has 2 rings (SSSR count). The van der Waals surface area contributed by atoms with Gasteiger partial charge in [0.1, 0.15) is 0 Å². The van der Waals surface area contributed by atoms with Crippen molar-refractivity contribution in [3.05, 3.63) is 34.9 Å². The van der Waals surface area contributed by atoms with Gasteiger partial charge in [-0.2, -0.15) is 0 Å². The molecule has 0 spiro atoms. The molecule has 1 fully saturated rings. The molecule has 0 aliphatic carbocycles. The van der Waals surface area contributed by atoms with Crippen molar-refractivity contribution in [3.63, 3.8) is 0 Å². The molecule has 0 amide bonds. The van der Waals surface area contributed by atoms with Crippen LogP contribution in [-0.2, 0) is 4.84 Å². The van der Waals surface area contributed by atoms with Crippen molar-refractivity contribution < 1.29 is 9.63 Å². The second-order valence-corrected chi connectivity index (χ2v) is 6.23.